The van der Waals surface area contributed by atoms with Gasteiger partial charge in [-0.2, -0.15) is 10.1 Å². The number of anilines is 5. The van der Waals surface area contributed by atoms with Crippen LogP contribution >= 0.6 is 11.6 Å². The minimum Gasteiger partial charge on any atom is -0.480 e. The number of pyridine rings is 1. The van der Waals surface area contributed by atoms with Crippen molar-refractivity contribution in [1.82, 2.24) is 29.6 Å². The van der Waals surface area contributed by atoms with Crippen LogP contribution in [0.2, 0.25) is 5.02 Å². The highest BCUT2D eigenvalue weighted by atomic mass is 35.5. The molecule has 7 heterocycles. The van der Waals surface area contributed by atoms with Crippen LogP contribution in [0.3, 0.4) is 0 Å². The van der Waals surface area contributed by atoms with E-state index in [4.69, 9.17) is 31.2 Å². The number of halogens is 3. The number of ether oxygens (including phenoxy) is 2. The number of aromatic nitrogens is 5. The van der Waals surface area contributed by atoms with Crippen LogP contribution in [0.15, 0.2) is 47.4 Å². The molecule has 3 aromatic heterocycles. The highest BCUT2D eigenvalue weighted by Crippen LogP contribution is 2.46. The summed E-state index contributed by atoms with van der Waals surface area (Å²) in [5.74, 6) is -3.48. The molecule has 2 amide bonds. The Bertz CT molecular complexity index is 2620. The highest BCUT2D eigenvalue weighted by Gasteiger charge is 2.51. The smallest absolute Gasteiger partial charge is 0.301 e. The van der Waals surface area contributed by atoms with Gasteiger partial charge >= 0.3 is 5.92 Å². The summed E-state index contributed by atoms with van der Waals surface area (Å²) in [6.07, 6.45) is 7.37. The van der Waals surface area contributed by atoms with Gasteiger partial charge in [-0.25, -0.2) is 13.8 Å². The summed E-state index contributed by atoms with van der Waals surface area (Å²) in [6, 6.07) is 10.4. The third-order valence-corrected chi connectivity index (χ3v) is 13.2. The Morgan fingerprint density at radius 2 is 1.67 bits per heavy atom. The van der Waals surface area contributed by atoms with E-state index >= 15 is 8.78 Å². The molecular weight excluding hydrogens is 810 g/mol. The molecule has 5 aliphatic rings. The predicted molar refractivity (Wildman–Crippen MR) is 227 cm³/mol. The number of imide groups is 1. The Kier molecular flexibility index (Phi) is 10.0. The number of hydrogen-bond acceptors (Lipinski definition) is 12. The molecule has 61 heavy (non-hydrogen) atoms. The Hall–Kier alpha value is -5.55. The third kappa shape index (κ3) is 7.38. The van der Waals surface area contributed by atoms with Crippen LogP contribution in [0.1, 0.15) is 63.0 Å². The number of aryl methyl sites for hydroxylation is 2. The number of alkyl halides is 2. The van der Waals surface area contributed by atoms with Gasteiger partial charge in [0.2, 0.25) is 23.5 Å². The van der Waals surface area contributed by atoms with Crippen LogP contribution in [0.4, 0.5) is 37.6 Å². The van der Waals surface area contributed by atoms with Gasteiger partial charge in [-0.15, -0.1) is 0 Å². The second kappa shape index (κ2) is 15.4. The molecule has 1 aliphatic carbocycles. The minimum atomic E-state index is -3.14. The van der Waals surface area contributed by atoms with Crippen molar-refractivity contribution in [3.05, 3.63) is 63.7 Å². The lowest BCUT2D eigenvalue weighted by Crippen LogP contribution is -2.44. The number of nitrogens with zero attached hydrogens (tertiary/aromatic N) is 7. The fourth-order valence-corrected chi connectivity index (χ4v) is 9.67. The van der Waals surface area contributed by atoms with E-state index in [1.165, 1.54) is 4.57 Å². The minimum absolute atomic E-state index is 0.107. The van der Waals surface area contributed by atoms with Crippen molar-refractivity contribution in [3.8, 4) is 5.75 Å². The van der Waals surface area contributed by atoms with Gasteiger partial charge in [0, 0.05) is 63.2 Å². The molecule has 18 heteroatoms. The molecule has 2 atom stereocenters. The van der Waals surface area contributed by atoms with E-state index in [0.29, 0.717) is 77.8 Å². The first kappa shape index (κ1) is 39.6. The first-order valence-electron chi connectivity index (χ1n) is 21.1. The molecule has 15 nitrogen and oxygen atoms in total. The number of carbonyl (C=O) groups excluding carboxylic acids is 2. The van der Waals surface area contributed by atoms with E-state index in [-0.39, 0.29) is 41.4 Å². The highest BCUT2D eigenvalue weighted by molar-refractivity contribution is 6.33. The van der Waals surface area contributed by atoms with Gasteiger partial charge in [-0.1, -0.05) is 23.7 Å². The van der Waals surface area contributed by atoms with Crippen molar-refractivity contribution in [2.24, 2.45) is 20.0 Å². The average molecular weight is 857 g/mol. The molecule has 1 unspecified atom stereocenters. The summed E-state index contributed by atoms with van der Waals surface area (Å²) in [4.78, 5) is 51.6. The summed E-state index contributed by atoms with van der Waals surface area (Å²) in [6.45, 7) is 2.21. The maximum Gasteiger partial charge on any atom is 0.301 e. The number of fused-ring (bicyclic) bond motifs is 4. The van der Waals surface area contributed by atoms with Gasteiger partial charge < -0.3 is 34.5 Å². The predicted octanol–water partition coefficient (Wildman–Crippen LogP) is 6.01. The molecule has 4 fully saturated rings. The second-order valence-corrected chi connectivity index (χ2v) is 17.4. The number of amides is 2. The molecule has 3 saturated heterocycles. The van der Waals surface area contributed by atoms with E-state index in [0.717, 1.165) is 55.4 Å². The molecule has 2 aromatic carbocycles. The van der Waals surface area contributed by atoms with Crippen LogP contribution in [0.25, 0.3) is 21.8 Å². The van der Waals surface area contributed by atoms with Crippen molar-refractivity contribution >= 4 is 74.0 Å². The van der Waals surface area contributed by atoms with Crippen LogP contribution in [0.5, 0.6) is 5.75 Å². The van der Waals surface area contributed by atoms with Gasteiger partial charge in [0.15, 0.2) is 12.4 Å². The zero-order valence-electron chi connectivity index (χ0n) is 33.9. The van der Waals surface area contributed by atoms with Crippen molar-refractivity contribution in [3.63, 3.8) is 0 Å². The number of rotatable bonds is 8. The zero-order valence-corrected chi connectivity index (χ0v) is 34.7. The summed E-state index contributed by atoms with van der Waals surface area (Å²) < 4.78 is 45.8. The van der Waals surface area contributed by atoms with Gasteiger partial charge in [-0.05, 0) is 75.1 Å². The van der Waals surface area contributed by atoms with Crippen LogP contribution < -0.4 is 36.0 Å². The third-order valence-electron chi connectivity index (χ3n) is 12.9. The van der Waals surface area contributed by atoms with Gasteiger partial charge in [0.1, 0.15) is 5.02 Å². The number of para-hydroxylation sites is 1. The maximum absolute atomic E-state index is 15.2. The molecule has 0 radical (unpaired) electrons. The first-order chi connectivity index (χ1) is 29.4. The second-order valence-electron chi connectivity index (χ2n) is 17.0. The van der Waals surface area contributed by atoms with E-state index < -0.39 is 30.0 Å². The van der Waals surface area contributed by atoms with E-state index in [2.05, 4.69) is 36.8 Å². The quantitative estimate of drug-likeness (QED) is 0.156. The molecular formula is C43H47ClF2N10O5. The fourth-order valence-electron chi connectivity index (χ4n) is 9.53. The Morgan fingerprint density at radius 3 is 2.39 bits per heavy atom. The van der Waals surface area contributed by atoms with Gasteiger partial charge in [-0.3, -0.25) is 24.4 Å². The lowest BCUT2D eigenvalue weighted by Gasteiger charge is -2.38. The monoisotopic (exact) mass is 856 g/mol. The number of piperidine rings is 3. The number of hydrogen-bond donors (Lipinski definition) is 3. The summed E-state index contributed by atoms with van der Waals surface area (Å²) >= 11 is 6.62. The molecule has 1 saturated carbocycles. The van der Waals surface area contributed by atoms with Crippen molar-refractivity contribution in [1.29, 1.82) is 0 Å². The topological polar surface area (TPSA) is 161 Å². The number of carbonyl (C=O) groups is 2. The molecule has 5 aromatic rings. The van der Waals surface area contributed by atoms with Crippen molar-refractivity contribution in [2.45, 2.75) is 81.5 Å². The molecule has 0 bridgehead atoms. The molecule has 10 rings (SSSR count). The van der Waals surface area contributed by atoms with Crippen LogP contribution in [-0.2, 0) is 28.4 Å². The Balaban J connectivity index is 0.777. The van der Waals surface area contributed by atoms with Crippen LogP contribution in [0, 0.1) is 5.92 Å². The van der Waals surface area contributed by atoms with Gasteiger partial charge in [0.25, 0.3) is 5.56 Å². The van der Waals surface area contributed by atoms with E-state index in [1.54, 1.807) is 31.4 Å². The summed E-state index contributed by atoms with van der Waals surface area (Å²) in [7, 11) is 3.51. The SMILES string of the molecule is Cn1nc(C2CCC(=O)NC2=O)c2cccc(N3CCC(OC4CCN(c5ncc(Cl)c(Nc6ccc7c(c6)c6c(c(=O)n7C)OCC(F)(F)[C@H](C7CC7)N6)n5)CC4)CC3)c21. The molecule has 0 spiro atoms. The number of benzene rings is 2. The Labute approximate surface area is 354 Å². The van der Waals surface area contributed by atoms with Gasteiger partial charge in [0.05, 0.1) is 58.5 Å². The lowest BCUT2D eigenvalue weighted by molar-refractivity contribution is -0.134. The van der Waals surface area contributed by atoms with Crippen LogP contribution in [-0.4, -0.2) is 93.1 Å². The summed E-state index contributed by atoms with van der Waals surface area (Å²) in [5, 5.41) is 15.4. The molecule has 4 aliphatic heterocycles. The average Bonchev–Trinajstić information content (AvgIpc) is 4.05. The summed E-state index contributed by atoms with van der Waals surface area (Å²) in [5.41, 5.74) is 3.74. The molecule has 320 valence electrons. The zero-order chi connectivity index (χ0) is 42.2. The number of nitrogens with one attached hydrogen (secondary N) is 3. The fraction of sp³-hybridized carbons (Fsp3) is 0.488. The normalized spacial score (nSPS) is 22.4. The lowest BCUT2D eigenvalue weighted by atomic mass is 9.92. The van der Waals surface area contributed by atoms with E-state index in [1.807, 2.05) is 23.9 Å². The Morgan fingerprint density at radius 1 is 0.934 bits per heavy atom. The standard InChI is InChI=1S/C43H47ClF2N10O5/c1-53-31-10-8-24(20-29(31)35-37(41(53)59)60-22-43(45,46)38(50-35)23-6-7-23)48-39-30(44)21-47-42(51-39)56-18-14-26(15-19-56)61-25-12-16-55(17-13-25)32-5-3-4-27-34(52-54(2)36(27)32)28-9-11-33(57)49-40(28)58/h3-5,8,10,20-21,23,25-26,28,38,50H,6-7,9,11-19,22H2,1-2H3,(H,47,48,51)(H,49,57,58)/t28?,38-/m0/s1. The molecule has 3 N–H and O–H groups in total. The van der Waals surface area contributed by atoms with E-state index in [9.17, 15) is 14.4 Å². The largest absolute Gasteiger partial charge is 0.480 e. The first-order valence-corrected chi connectivity index (χ1v) is 21.5. The van der Waals surface area contributed by atoms with Crippen molar-refractivity contribution in [2.75, 3.05) is 53.2 Å². The maximum atomic E-state index is 15.2. The van der Waals surface area contributed by atoms with Crippen molar-refractivity contribution < 1.29 is 27.8 Å².